The van der Waals surface area contributed by atoms with Gasteiger partial charge in [0, 0.05) is 5.92 Å². The van der Waals surface area contributed by atoms with Crippen molar-refractivity contribution < 1.29 is 18.8 Å². The summed E-state index contributed by atoms with van der Waals surface area (Å²) >= 11 is 0. The van der Waals surface area contributed by atoms with E-state index in [1.807, 2.05) is 31.2 Å². The Bertz CT molecular complexity index is 753. The molecule has 2 atom stereocenters. The summed E-state index contributed by atoms with van der Waals surface area (Å²) < 4.78 is 18.0. The van der Waals surface area contributed by atoms with Crippen molar-refractivity contribution in [3.05, 3.63) is 65.5 Å². The zero-order valence-electron chi connectivity index (χ0n) is 13.5. The fourth-order valence-electron chi connectivity index (χ4n) is 2.70. The topological polar surface area (TPSA) is 47.9 Å². The molecule has 0 N–H and O–H groups in total. The molecule has 0 heterocycles. The molecule has 1 saturated carbocycles. The number of carbonyl (C=O) groups is 1. The molecule has 0 bridgehead atoms. The third-order valence-corrected chi connectivity index (χ3v) is 4.22. The number of hydrogen-bond donors (Lipinski definition) is 0. The van der Waals surface area contributed by atoms with Crippen LogP contribution in [0.15, 0.2) is 53.7 Å². The van der Waals surface area contributed by atoms with E-state index in [0.717, 1.165) is 17.9 Å². The van der Waals surface area contributed by atoms with Crippen LogP contribution >= 0.6 is 0 Å². The van der Waals surface area contributed by atoms with E-state index in [2.05, 4.69) is 5.16 Å². The van der Waals surface area contributed by atoms with E-state index in [-0.39, 0.29) is 11.5 Å². The maximum Gasteiger partial charge on any atom is 0.365 e. The van der Waals surface area contributed by atoms with Gasteiger partial charge in [0.15, 0.2) is 0 Å². The number of oxime groups is 1. The Hall–Kier alpha value is -2.69. The zero-order chi connectivity index (χ0) is 17.1. The van der Waals surface area contributed by atoms with Crippen molar-refractivity contribution in [3.63, 3.8) is 0 Å². The Labute approximate surface area is 139 Å². The first-order valence-electron chi connectivity index (χ1n) is 7.74. The van der Waals surface area contributed by atoms with Gasteiger partial charge in [-0.25, -0.2) is 9.18 Å². The van der Waals surface area contributed by atoms with Gasteiger partial charge in [-0.1, -0.05) is 17.3 Å². The van der Waals surface area contributed by atoms with Crippen molar-refractivity contribution in [1.82, 2.24) is 0 Å². The molecule has 4 nitrogen and oxygen atoms in total. The molecule has 5 heteroatoms. The van der Waals surface area contributed by atoms with Crippen LogP contribution in [0.2, 0.25) is 0 Å². The van der Waals surface area contributed by atoms with Crippen molar-refractivity contribution in [2.75, 3.05) is 7.11 Å². The van der Waals surface area contributed by atoms with E-state index in [0.29, 0.717) is 5.92 Å². The lowest BCUT2D eigenvalue weighted by Crippen LogP contribution is -2.05. The molecule has 0 spiro atoms. The van der Waals surface area contributed by atoms with Crippen LogP contribution in [0.3, 0.4) is 0 Å². The molecule has 0 aliphatic heterocycles. The number of methoxy groups -OCH3 is 1. The van der Waals surface area contributed by atoms with Gasteiger partial charge >= 0.3 is 5.97 Å². The van der Waals surface area contributed by atoms with Gasteiger partial charge in [-0.15, -0.1) is 0 Å². The van der Waals surface area contributed by atoms with Crippen LogP contribution in [-0.2, 0) is 4.84 Å². The minimum Gasteiger partial charge on any atom is -0.497 e. The second-order valence-electron chi connectivity index (χ2n) is 5.84. The highest BCUT2D eigenvalue weighted by atomic mass is 19.1. The Morgan fingerprint density at radius 1 is 1.12 bits per heavy atom. The van der Waals surface area contributed by atoms with Crippen molar-refractivity contribution in [1.29, 1.82) is 0 Å². The van der Waals surface area contributed by atoms with Gasteiger partial charge in [-0.3, -0.25) is 0 Å². The average Bonchev–Trinajstić information content (AvgIpc) is 3.41. The van der Waals surface area contributed by atoms with Crippen LogP contribution in [-0.4, -0.2) is 18.8 Å². The standard InChI is InChI=1S/C19H18FNO3/c1-12(21-24-19(22)14-3-7-15(20)8-4-14)17-11-18(17)13-5-9-16(23-2)10-6-13/h3-10,17-18H,11H2,1-2H3/t17-,18-/m0/s1. The average molecular weight is 327 g/mol. The molecule has 0 saturated heterocycles. The SMILES string of the molecule is COc1ccc([C@@H]2C[C@H]2C(C)=NOC(=O)c2ccc(F)cc2)cc1. The van der Waals surface area contributed by atoms with Crippen LogP contribution < -0.4 is 4.74 Å². The minimum atomic E-state index is -0.587. The maximum atomic E-state index is 12.8. The van der Waals surface area contributed by atoms with Gasteiger partial charge in [0.1, 0.15) is 11.6 Å². The second-order valence-corrected chi connectivity index (χ2v) is 5.84. The molecular formula is C19H18FNO3. The molecule has 24 heavy (non-hydrogen) atoms. The first-order chi connectivity index (χ1) is 11.6. The quantitative estimate of drug-likeness (QED) is 0.470. The highest BCUT2D eigenvalue weighted by molar-refractivity contribution is 5.91. The molecule has 0 radical (unpaired) electrons. The maximum absolute atomic E-state index is 12.8. The lowest BCUT2D eigenvalue weighted by molar-refractivity contribution is 0.0514. The first-order valence-corrected chi connectivity index (χ1v) is 7.74. The number of halogens is 1. The summed E-state index contributed by atoms with van der Waals surface area (Å²) in [5, 5.41) is 3.94. The van der Waals surface area contributed by atoms with Gasteiger partial charge in [-0.2, -0.15) is 0 Å². The summed E-state index contributed by atoms with van der Waals surface area (Å²) in [5.41, 5.74) is 2.28. The molecular weight excluding hydrogens is 309 g/mol. The Morgan fingerprint density at radius 3 is 2.42 bits per heavy atom. The Morgan fingerprint density at radius 2 is 1.79 bits per heavy atom. The van der Waals surface area contributed by atoms with E-state index >= 15 is 0 Å². The molecule has 1 aliphatic rings. The molecule has 2 aromatic rings. The molecule has 1 aliphatic carbocycles. The molecule has 0 amide bonds. The summed E-state index contributed by atoms with van der Waals surface area (Å²) in [4.78, 5) is 16.8. The third-order valence-electron chi connectivity index (χ3n) is 4.22. The lowest BCUT2D eigenvalue weighted by atomic mass is 10.1. The summed E-state index contributed by atoms with van der Waals surface area (Å²) in [6, 6.07) is 13.1. The predicted octanol–water partition coefficient (Wildman–Crippen LogP) is 4.17. The summed E-state index contributed by atoms with van der Waals surface area (Å²) in [5.74, 6) is 0.515. The van der Waals surface area contributed by atoms with Crippen LogP contribution in [0.25, 0.3) is 0 Å². The minimum absolute atomic E-state index is 0.274. The number of nitrogens with zero attached hydrogens (tertiary/aromatic N) is 1. The van der Waals surface area contributed by atoms with Crippen molar-refractivity contribution in [2.45, 2.75) is 19.3 Å². The van der Waals surface area contributed by atoms with Crippen LogP contribution in [0.4, 0.5) is 4.39 Å². The monoisotopic (exact) mass is 327 g/mol. The molecule has 124 valence electrons. The first kappa shape index (κ1) is 16.2. The van der Waals surface area contributed by atoms with Crippen molar-refractivity contribution >= 4 is 11.7 Å². The normalized spacial score (nSPS) is 19.7. The van der Waals surface area contributed by atoms with Gasteiger partial charge in [-0.05, 0) is 61.2 Å². The van der Waals surface area contributed by atoms with E-state index in [1.165, 1.54) is 29.8 Å². The molecule has 1 fully saturated rings. The fourth-order valence-corrected chi connectivity index (χ4v) is 2.70. The number of hydrogen-bond acceptors (Lipinski definition) is 4. The number of benzene rings is 2. The molecule has 0 aromatic heterocycles. The number of rotatable bonds is 5. The Kier molecular flexibility index (Phi) is 4.60. The van der Waals surface area contributed by atoms with Crippen molar-refractivity contribution in [2.24, 2.45) is 11.1 Å². The third kappa shape index (κ3) is 3.62. The highest BCUT2D eigenvalue weighted by Gasteiger charge is 2.40. The summed E-state index contributed by atoms with van der Waals surface area (Å²) in [6.45, 7) is 1.85. The van der Waals surface area contributed by atoms with Crippen LogP contribution in [0.1, 0.15) is 35.2 Å². The van der Waals surface area contributed by atoms with Crippen LogP contribution in [0.5, 0.6) is 5.75 Å². The van der Waals surface area contributed by atoms with Gasteiger partial charge in [0.2, 0.25) is 0 Å². The Balaban J connectivity index is 1.58. The molecule has 2 aromatic carbocycles. The number of ether oxygens (including phenoxy) is 1. The highest BCUT2D eigenvalue weighted by Crippen LogP contribution is 2.48. The second kappa shape index (κ2) is 6.83. The van der Waals surface area contributed by atoms with Gasteiger partial charge in [0.05, 0.1) is 18.4 Å². The lowest BCUT2D eigenvalue weighted by Gasteiger charge is -2.03. The van der Waals surface area contributed by atoms with E-state index < -0.39 is 11.8 Å². The van der Waals surface area contributed by atoms with Crippen molar-refractivity contribution in [3.8, 4) is 5.75 Å². The summed E-state index contributed by atoms with van der Waals surface area (Å²) in [6.07, 6.45) is 0.982. The van der Waals surface area contributed by atoms with Crippen LogP contribution in [0, 0.1) is 11.7 Å². The predicted molar refractivity (Wildman–Crippen MR) is 88.8 cm³/mol. The van der Waals surface area contributed by atoms with E-state index in [4.69, 9.17) is 9.57 Å². The molecule has 3 rings (SSSR count). The molecule has 0 unspecified atom stereocenters. The van der Waals surface area contributed by atoms with Gasteiger partial charge < -0.3 is 9.57 Å². The largest absolute Gasteiger partial charge is 0.497 e. The number of carbonyl (C=O) groups excluding carboxylic acids is 1. The smallest absolute Gasteiger partial charge is 0.365 e. The fraction of sp³-hybridized carbons (Fsp3) is 0.263. The summed E-state index contributed by atoms with van der Waals surface area (Å²) in [7, 11) is 1.64. The van der Waals surface area contributed by atoms with E-state index in [9.17, 15) is 9.18 Å². The zero-order valence-corrected chi connectivity index (χ0v) is 13.5. The van der Waals surface area contributed by atoms with Gasteiger partial charge in [0.25, 0.3) is 0 Å². The van der Waals surface area contributed by atoms with E-state index in [1.54, 1.807) is 7.11 Å².